The zero-order chi connectivity index (χ0) is 28.8. The molecule has 0 aliphatic rings. The van der Waals surface area contributed by atoms with E-state index in [0.29, 0.717) is 16.6 Å². The fourth-order valence-corrected chi connectivity index (χ4v) is 3.32. The Morgan fingerprint density at radius 2 is 1.20 bits per heavy atom. The molecule has 0 bridgehead atoms. The van der Waals surface area contributed by atoms with Gasteiger partial charge in [0.05, 0.1) is 22.3 Å². The van der Waals surface area contributed by atoms with Crippen molar-refractivity contribution in [2.45, 2.75) is 31.4 Å². The molecule has 1 radical (unpaired) electrons. The van der Waals surface area contributed by atoms with Gasteiger partial charge in [0.2, 0.25) is 0 Å². The van der Waals surface area contributed by atoms with Gasteiger partial charge < -0.3 is 19.7 Å². The van der Waals surface area contributed by atoms with Gasteiger partial charge in [-0.3, -0.25) is 9.97 Å². The van der Waals surface area contributed by atoms with E-state index in [4.69, 9.17) is 10.2 Å². The molecule has 4 aromatic rings. The number of aliphatic hydroxyl groups excluding tert-OH is 2. The molecule has 0 amide bonds. The first-order valence-electron chi connectivity index (χ1n) is 11.3. The Kier molecular flexibility index (Phi) is 11.7. The summed E-state index contributed by atoms with van der Waals surface area (Å²) in [4.78, 5) is 8.99. The topological polar surface area (TPSA) is 84.7 Å². The summed E-state index contributed by atoms with van der Waals surface area (Å²) in [6.45, 7) is 0. The van der Waals surface area contributed by atoms with E-state index in [1.165, 1.54) is 32.4 Å². The second-order valence-corrected chi connectivity index (χ2v) is 8.09. The summed E-state index contributed by atoms with van der Waals surface area (Å²) in [6, 6.07) is 16.7. The first kappa shape index (κ1) is 33.3. The van der Waals surface area contributed by atoms with Crippen LogP contribution in [0.2, 0.25) is 0 Å². The summed E-state index contributed by atoms with van der Waals surface area (Å²) in [5.41, 5.74) is 0.388. The van der Waals surface area contributed by atoms with Gasteiger partial charge in [-0.25, -0.2) is 0 Å². The first-order chi connectivity index (χ1) is 18.3. The fraction of sp³-hybridized carbons (Fsp3) is 0.259. The quantitative estimate of drug-likeness (QED) is 0.141. The number of halogens is 6. The molecular formula is C27H23F6IrN2O4-. The van der Waals surface area contributed by atoms with Crippen LogP contribution in [0.5, 0.6) is 0 Å². The number of methoxy groups -OCH3 is 2. The monoisotopic (exact) mass is 746 g/mol. The molecular weight excluding hydrogens is 723 g/mol. The molecule has 2 N–H and O–H groups in total. The number of hydrogen-bond acceptors (Lipinski definition) is 6. The van der Waals surface area contributed by atoms with E-state index in [-0.39, 0.29) is 43.5 Å². The predicted molar refractivity (Wildman–Crippen MR) is 130 cm³/mol. The minimum Gasteiger partial charge on any atom is -0.368 e. The third kappa shape index (κ3) is 8.79. The number of ether oxygens (including phenoxy) is 2. The molecule has 0 aliphatic heterocycles. The number of para-hydroxylation sites is 2. The van der Waals surface area contributed by atoms with Crippen molar-refractivity contribution in [3.63, 3.8) is 0 Å². The zero-order valence-corrected chi connectivity index (χ0v) is 23.3. The maximum Gasteiger partial charge on any atom is 0.416 e. The summed E-state index contributed by atoms with van der Waals surface area (Å²) >= 11 is 0. The van der Waals surface area contributed by atoms with Crippen LogP contribution in [-0.4, -0.2) is 47.0 Å². The van der Waals surface area contributed by atoms with E-state index in [2.05, 4.69) is 25.5 Å². The van der Waals surface area contributed by atoms with Gasteiger partial charge in [0, 0.05) is 46.4 Å². The van der Waals surface area contributed by atoms with Gasteiger partial charge in [-0.1, -0.05) is 24.3 Å². The Morgan fingerprint density at radius 1 is 0.725 bits per heavy atom. The van der Waals surface area contributed by atoms with Crippen LogP contribution in [0.1, 0.15) is 17.5 Å². The van der Waals surface area contributed by atoms with E-state index < -0.39 is 36.1 Å². The van der Waals surface area contributed by atoms with Crippen molar-refractivity contribution in [3.05, 3.63) is 83.9 Å². The molecule has 0 aliphatic carbocycles. The van der Waals surface area contributed by atoms with Gasteiger partial charge in [-0.2, -0.15) is 26.3 Å². The van der Waals surface area contributed by atoms with Crippen LogP contribution in [0, 0.1) is 6.07 Å². The van der Waals surface area contributed by atoms with Gasteiger partial charge >= 0.3 is 12.4 Å². The van der Waals surface area contributed by atoms with E-state index >= 15 is 0 Å². The van der Waals surface area contributed by atoms with E-state index in [1.807, 2.05) is 0 Å². The fourth-order valence-electron chi connectivity index (χ4n) is 3.32. The second-order valence-electron chi connectivity index (χ2n) is 8.09. The molecule has 2 atom stereocenters. The van der Waals surface area contributed by atoms with Crippen LogP contribution in [-0.2, 0) is 41.9 Å². The Hall–Kier alpha value is -2.93. The number of fused-ring (bicyclic) bond motifs is 1. The van der Waals surface area contributed by atoms with E-state index in [0.717, 1.165) is 24.3 Å². The van der Waals surface area contributed by atoms with Crippen molar-refractivity contribution in [3.8, 4) is 22.5 Å². The second kappa shape index (κ2) is 14.1. The summed E-state index contributed by atoms with van der Waals surface area (Å²) in [7, 11) is 2.71. The average molecular weight is 746 g/mol. The van der Waals surface area contributed by atoms with Crippen molar-refractivity contribution in [1.29, 1.82) is 0 Å². The predicted octanol–water partition coefficient (Wildman–Crippen LogP) is 6.11. The van der Waals surface area contributed by atoms with Crippen LogP contribution < -0.4 is 0 Å². The zero-order valence-electron chi connectivity index (χ0n) is 20.9. The van der Waals surface area contributed by atoms with Gasteiger partial charge in [0.25, 0.3) is 0 Å². The SMILES string of the molecule is COC(O)CC(O)OC.FC(F)(F)c1c[c-]c(-c2nc3ccccc3nc2-c2ccc(C(F)(F)F)cc2)cc1.[Ir]. The Morgan fingerprint density at radius 3 is 1.62 bits per heavy atom. The van der Waals surface area contributed by atoms with Crippen molar-refractivity contribution < 1.29 is 66.1 Å². The molecule has 6 nitrogen and oxygen atoms in total. The van der Waals surface area contributed by atoms with Crippen LogP contribution in [0.15, 0.2) is 66.7 Å². The standard InChI is InChI=1S/C22H11F6N2.C5H12O4.Ir/c23-21(24,25)15-9-5-13(6-10-15)19-20(30-18-4-2-1-3-17(18)29-19)14-7-11-16(12-8-14)22(26,27)28;1-8-4(6)3-5(7)9-2;/h1-7,9-12H;4-7H,3H2,1-2H3;/q-1;;. The summed E-state index contributed by atoms with van der Waals surface area (Å²) in [5.74, 6) is 0. The van der Waals surface area contributed by atoms with Gasteiger partial charge in [-0.15, -0.1) is 29.8 Å². The largest absolute Gasteiger partial charge is 0.416 e. The third-order valence-electron chi connectivity index (χ3n) is 5.40. The molecule has 1 aromatic heterocycles. The Balaban J connectivity index is 0.000000486. The maximum absolute atomic E-state index is 12.9. The molecule has 1 heterocycles. The van der Waals surface area contributed by atoms with Gasteiger partial charge in [0.1, 0.15) is 0 Å². The van der Waals surface area contributed by atoms with Gasteiger partial charge in [0.15, 0.2) is 12.6 Å². The molecule has 0 spiro atoms. The first-order valence-corrected chi connectivity index (χ1v) is 11.3. The molecule has 217 valence electrons. The van der Waals surface area contributed by atoms with Gasteiger partial charge in [-0.05, 0) is 35.4 Å². The number of hydrogen-bond donors (Lipinski definition) is 2. The van der Waals surface area contributed by atoms with Crippen molar-refractivity contribution in [2.75, 3.05) is 14.2 Å². The summed E-state index contributed by atoms with van der Waals surface area (Å²) < 4.78 is 86.1. The van der Waals surface area contributed by atoms with E-state index in [1.54, 1.807) is 24.3 Å². The van der Waals surface area contributed by atoms with Crippen molar-refractivity contribution in [2.24, 2.45) is 0 Å². The maximum atomic E-state index is 12.9. The summed E-state index contributed by atoms with van der Waals surface area (Å²) in [6.07, 6.45) is -10.8. The molecule has 3 aromatic carbocycles. The molecule has 0 saturated heterocycles. The molecule has 2 unspecified atom stereocenters. The van der Waals surface area contributed by atoms with Crippen LogP contribution in [0.25, 0.3) is 33.5 Å². The van der Waals surface area contributed by atoms with E-state index in [9.17, 15) is 26.3 Å². The van der Waals surface area contributed by atoms with Crippen molar-refractivity contribution in [1.82, 2.24) is 9.97 Å². The minimum atomic E-state index is -4.51. The number of aromatic nitrogens is 2. The Bertz CT molecular complexity index is 1260. The minimum absolute atomic E-state index is 0. The number of rotatable bonds is 6. The molecule has 40 heavy (non-hydrogen) atoms. The normalized spacial score (nSPS) is 13.2. The number of benzene rings is 3. The van der Waals surface area contributed by atoms with Crippen LogP contribution >= 0.6 is 0 Å². The molecule has 4 rings (SSSR count). The Labute approximate surface area is 239 Å². The number of nitrogens with zero attached hydrogens (tertiary/aromatic N) is 2. The molecule has 0 saturated carbocycles. The smallest absolute Gasteiger partial charge is 0.368 e. The number of aliphatic hydroxyl groups is 2. The molecule has 0 fully saturated rings. The van der Waals surface area contributed by atoms with Crippen molar-refractivity contribution >= 4 is 11.0 Å². The summed E-state index contributed by atoms with van der Waals surface area (Å²) in [5, 5.41) is 17.4. The van der Waals surface area contributed by atoms with Crippen LogP contribution in [0.4, 0.5) is 26.3 Å². The third-order valence-corrected chi connectivity index (χ3v) is 5.40. The molecule has 13 heteroatoms. The van der Waals surface area contributed by atoms with Crippen LogP contribution in [0.3, 0.4) is 0 Å². The number of alkyl halides is 6. The average Bonchev–Trinajstić information content (AvgIpc) is 2.91.